The summed E-state index contributed by atoms with van der Waals surface area (Å²) in [5.74, 6) is 1.26. The van der Waals surface area contributed by atoms with Gasteiger partial charge in [-0.1, -0.05) is 6.07 Å². The van der Waals surface area contributed by atoms with E-state index in [9.17, 15) is 4.79 Å². The number of carbonyl (C=O) groups is 1. The lowest BCUT2D eigenvalue weighted by atomic mass is 9.94. The predicted octanol–water partition coefficient (Wildman–Crippen LogP) is 3.79. The number of aromatic nitrogens is 2. The van der Waals surface area contributed by atoms with Crippen molar-refractivity contribution in [2.45, 2.75) is 58.6 Å². The van der Waals surface area contributed by atoms with Gasteiger partial charge in [-0.05, 0) is 65.0 Å². The van der Waals surface area contributed by atoms with Crippen molar-refractivity contribution in [1.29, 1.82) is 0 Å². The number of aryl methyl sites for hydroxylation is 1. The van der Waals surface area contributed by atoms with E-state index >= 15 is 0 Å². The van der Waals surface area contributed by atoms with Gasteiger partial charge >= 0.3 is 6.09 Å². The fourth-order valence-electron chi connectivity index (χ4n) is 3.06. The Morgan fingerprint density at radius 1 is 1.35 bits per heavy atom. The standard InChI is InChI=1S/C18H25N3O2/c1-12-7-6-10-21-14(12)11-19-15(21)18(5,13-8-9-13)20-16(22)23-17(2,3)4/h6-7,10-11,13H,8-9H2,1-5H3,(H,20,22). The third-order valence-electron chi connectivity index (χ3n) is 4.40. The summed E-state index contributed by atoms with van der Waals surface area (Å²) in [6.07, 6.45) is 5.67. The first-order valence-electron chi connectivity index (χ1n) is 8.15. The van der Waals surface area contributed by atoms with Crippen molar-refractivity contribution in [3.63, 3.8) is 0 Å². The molecule has 1 fully saturated rings. The number of carbonyl (C=O) groups excluding carboxylic acids is 1. The number of nitrogens with zero attached hydrogens (tertiary/aromatic N) is 2. The Bertz CT molecular complexity index is 740. The minimum atomic E-state index is -0.525. The molecule has 2 heterocycles. The van der Waals surface area contributed by atoms with Crippen LogP contribution in [0.25, 0.3) is 5.52 Å². The molecule has 2 aromatic heterocycles. The number of nitrogens with one attached hydrogen (secondary N) is 1. The molecule has 23 heavy (non-hydrogen) atoms. The number of pyridine rings is 1. The van der Waals surface area contributed by atoms with Crippen LogP contribution in [0.3, 0.4) is 0 Å². The maximum Gasteiger partial charge on any atom is 0.408 e. The molecule has 1 aliphatic carbocycles. The van der Waals surface area contributed by atoms with E-state index in [0.29, 0.717) is 5.92 Å². The van der Waals surface area contributed by atoms with Gasteiger partial charge in [0.15, 0.2) is 0 Å². The molecule has 5 nitrogen and oxygen atoms in total. The summed E-state index contributed by atoms with van der Waals surface area (Å²) in [5.41, 5.74) is 1.20. The van der Waals surface area contributed by atoms with Crippen LogP contribution in [0, 0.1) is 12.8 Å². The van der Waals surface area contributed by atoms with Crippen LogP contribution >= 0.6 is 0 Å². The average Bonchev–Trinajstić information content (AvgIpc) is 3.17. The van der Waals surface area contributed by atoms with Gasteiger partial charge in [0.2, 0.25) is 0 Å². The third-order valence-corrected chi connectivity index (χ3v) is 4.40. The molecule has 2 aromatic rings. The Morgan fingerprint density at radius 3 is 2.65 bits per heavy atom. The monoisotopic (exact) mass is 315 g/mol. The second kappa shape index (κ2) is 5.25. The predicted molar refractivity (Wildman–Crippen MR) is 89.4 cm³/mol. The summed E-state index contributed by atoms with van der Waals surface area (Å²) in [4.78, 5) is 17.0. The Kier molecular flexibility index (Phi) is 3.62. The van der Waals surface area contributed by atoms with Gasteiger partial charge in [0, 0.05) is 6.20 Å². The van der Waals surface area contributed by atoms with Gasteiger partial charge < -0.3 is 14.5 Å². The topological polar surface area (TPSA) is 55.6 Å². The van der Waals surface area contributed by atoms with Crippen molar-refractivity contribution in [1.82, 2.24) is 14.7 Å². The maximum absolute atomic E-state index is 12.3. The lowest BCUT2D eigenvalue weighted by molar-refractivity contribution is 0.0440. The number of imidazole rings is 1. The minimum absolute atomic E-state index is 0.390. The SMILES string of the molecule is Cc1cccn2c(C(C)(NC(=O)OC(C)(C)C)C3CC3)ncc12. The fourth-order valence-corrected chi connectivity index (χ4v) is 3.06. The van der Waals surface area contributed by atoms with E-state index in [1.54, 1.807) is 0 Å². The summed E-state index contributed by atoms with van der Waals surface area (Å²) in [7, 11) is 0. The Labute approximate surface area is 137 Å². The summed E-state index contributed by atoms with van der Waals surface area (Å²) in [5, 5.41) is 3.08. The summed E-state index contributed by atoms with van der Waals surface area (Å²) >= 11 is 0. The minimum Gasteiger partial charge on any atom is -0.444 e. The molecule has 0 aromatic carbocycles. The summed E-state index contributed by atoms with van der Waals surface area (Å²) in [6, 6.07) is 4.07. The fraction of sp³-hybridized carbons (Fsp3) is 0.556. The lowest BCUT2D eigenvalue weighted by Gasteiger charge is -2.31. The zero-order valence-electron chi connectivity index (χ0n) is 14.5. The molecule has 0 spiro atoms. The van der Waals surface area contributed by atoms with Gasteiger partial charge in [0.1, 0.15) is 17.0 Å². The molecule has 1 aliphatic rings. The van der Waals surface area contributed by atoms with Gasteiger partial charge in [-0.25, -0.2) is 9.78 Å². The molecule has 1 unspecified atom stereocenters. The highest BCUT2D eigenvalue weighted by Gasteiger charge is 2.47. The third kappa shape index (κ3) is 3.05. The Morgan fingerprint density at radius 2 is 2.04 bits per heavy atom. The average molecular weight is 315 g/mol. The van der Waals surface area contributed by atoms with Crippen molar-refractivity contribution in [2.75, 3.05) is 0 Å². The highest BCUT2D eigenvalue weighted by Crippen LogP contribution is 2.45. The summed E-state index contributed by atoms with van der Waals surface area (Å²) < 4.78 is 7.53. The molecule has 124 valence electrons. The maximum atomic E-state index is 12.3. The second-order valence-electron chi connectivity index (χ2n) is 7.63. The van der Waals surface area contributed by atoms with Crippen LogP contribution in [0.1, 0.15) is 51.9 Å². The van der Waals surface area contributed by atoms with Gasteiger partial charge in [-0.2, -0.15) is 0 Å². The lowest BCUT2D eigenvalue weighted by Crippen LogP contribution is -2.48. The van der Waals surface area contributed by atoms with Crippen molar-refractivity contribution < 1.29 is 9.53 Å². The molecule has 3 rings (SSSR count). The van der Waals surface area contributed by atoms with E-state index in [0.717, 1.165) is 24.2 Å². The van der Waals surface area contributed by atoms with Gasteiger partial charge in [0.05, 0.1) is 11.7 Å². The molecular weight excluding hydrogens is 290 g/mol. The van der Waals surface area contributed by atoms with E-state index in [1.165, 1.54) is 5.56 Å². The van der Waals surface area contributed by atoms with Gasteiger partial charge in [-0.3, -0.25) is 0 Å². The number of ether oxygens (including phenoxy) is 1. The molecule has 0 saturated heterocycles. The van der Waals surface area contributed by atoms with Crippen molar-refractivity contribution in [2.24, 2.45) is 5.92 Å². The van der Waals surface area contributed by atoms with Crippen LogP contribution < -0.4 is 5.32 Å². The molecule has 1 atom stereocenters. The highest BCUT2D eigenvalue weighted by atomic mass is 16.6. The number of hydrogen-bond donors (Lipinski definition) is 1. The molecule has 1 N–H and O–H groups in total. The highest BCUT2D eigenvalue weighted by molar-refractivity contribution is 5.69. The molecule has 0 radical (unpaired) electrons. The Balaban J connectivity index is 1.97. The van der Waals surface area contributed by atoms with E-state index < -0.39 is 17.2 Å². The molecular formula is C18H25N3O2. The number of fused-ring (bicyclic) bond motifs is 1. The smallest absolute Gasteiger partial charge is 0.408 e. The normalized spacial score (nSPS) is 17.8. The van der Waals surface area contributed by atoms with Crippen LogP contribution in [0.2, 0.25) is 0 Å². The zero-order valence-corrected chi connectivity index (χ0v) is 14.5. The van der Waals surface area contributed by atoms with E-state index in [4.69, 9.17) is 4.74 Å². The molecule has 1 saturated carbocycles. The molecule has 1 amide bonds. The number of hydrogen-bond acceptors (Lipinski definition) is 3. The van der Waals surface area contributed by atoms with Crippen molar-refractivity contribution >= 4 is 11.6 Å². The van der Waals surface area contributed by atoms with Crippen LogP contribution in [0.5, 0.6) is 0 Å². The first-order chi connectivity index (χ1) is 10.7. The van der Waals surface area contributed by atoms with Crippen molar-refractivity contribution in [3.05, 3.63) is 35.9 Å². The van der Waals surface area contributed by atoms with Crippen molar-refractivity contribution in [3.8, 4) is 0 Å². The Hall–Kier alpha value is -2.04. The first kappa shape index (κ1) is 15.8. The second-order valence-corrected chi connectivity index (χ2v) is 7.63. The van der Waals surface area contributed by atoms with E-state index in [2.05, 4.69) is 27.7 Å². The van der Waals surface area contributed by atoms with Gasteiger partial charge in [-0.15, -0.1) is 0 Å². The van der Waals surface area contributed by atoms with Gasteiger partial charge in [0.25, 0.3) is 0 Å². The van der Waals surface area contributed by atoms with Crippen LogP contribution in [-0.2, 0) is 10.3 Å². The number of amides is 1. The molecule has 0 bridgehead atoms. The van der Waals surface area contributed by atoms with E-state index in [1.807, 2.05) is 46.2 Å². The zero-order chi connectivity index (χ0) is 16.8. The molecule has 5 heteroatoms. The van der Waals surface area contributed by atoms with E-state index in [-0.39, 0.29) is 0 Å². The quantitative estimate of drug-likeness (QED) is 0.937. The largest absolute Gasteiger partial charge is 0.444 e. The van der Waals surface area contributed by atoms with Crippen LogP contribution in [0.15, 0.2) is 24.5 Å². The molecule has 0 aliphatic heterocycles. The summed E-state index contributed by atoms with van der Waals surface area (Å²) in [6.45, 7) is 9.72. The number of alkyl carbamates (subject to hydrolysis) is 1. The van der Waals surface area contributed by atoms with Crippen LogP contribution in [-0.4, -0.2) is 21.1 Å². The number of rotatable bonds is 3. The first-order valence-corrected chi connectivity index (χ1v) is 8.15. The van der Waals surface area contributed by atoms with Crippen LogP contribution in [0.4, 0.5) is 4.79 Å².